The fraction of sp³-hybridized carbons (Fsp3) is 0.238. The lowest BCUT2D eigenvalue weighted by Crippen LogP contribution is -2.52. The van der Waals surface area contributed by atoms with Gasteiger partial charge in [0.25, 0.3) is 5.91 Å². The van der Waals surface area contributed by atoms with Gasteiger partial charge in [-0.2, -0.15) is 4.98 Å². The van der Waals surface area contributed by atoms with Gasteiger partial charge in [0.15, 0.2) is 6.10 Å². The van der Waals surface area contributed by atoms with Crippen LogP contribution in [0.2, 0.25) is 0 Å². The van der Waals surface area contributed by atoms with Gasteiger partial charge in [-0.3, -0.25) is 9.59 Å². The summed E-state index contributed by atoms with van der Waals surface area (Å²) in [6.07, 6.45) is -0.418. The van der Waals surface area contributed by atoms with Gasteiger partial charge in [-0.05, 0) is 5.56 Å². The number of benzene rings is 2. The molecule has 2 amide bonds. The molecule has 0 aliphatic carbocycles. The van der Waals surface area contributed by atoms with E-state index in [1.54, 1.807) is 0 Å². The van der Waals surface area contributed by atoms with Gasteiger partial charge in [0.2, 0.25) is 17.6 Å². The lowest BCUT2D eigenvalue weighted by atomic mass is 9.99. The normalized spacial score (nSPS) is 18.8. The first kappa shape index (κ1) is 18.8. The van der Waals surface area contributed by atoms with Crippen molar-refractivity contribution < 1.29 is 18.8 Å². The van der Waals surface area contributed by atoms with Crippen molar-refractivity contribution in [2.24, 2.45) is 0 Å². The molecule has 2 atom stereocenters. The zero-order chi connectivity index (χ0) is 20.1. The van der Waals surface area contributed by atoms with Crippen LogP contribution in [0, 0.1) is 0 Å². The highest BCUT2D eigenvalue weighted by Gasteiger charge is 2.35. The van der Waals surface area contributed by atoms with Crippen LogP contribution in [0.15, 0.2) is 65.2 Å². The van der Waals surface area contributed by atoms with Gasteiger partial charge in [-0.15, -0.1) is 0 Å². The lowest BCUT2D eigenvalue weighted by Gasteiger charge is -2.31. The number of ether oxygens (including phenoxy) is 1. The molecule has 1 saturated heterocycles. The minimum Gasteiger partial charge on any atom is -0.356 e. The van der Waals surface area contributed by atoms with Crippen molar-refractivity contribution in [3.05, 3.63) is 72.1 Å². The van der Waals surface area contributed by atoms with Gasteiger partial charge in [-0.25, -0.2) is 0 Å². The van der Waals surface area contributed by atoms with Crippen molar-refractivity contribution in [1.82, 2.24) is 20.8 Å². The molecular formula is C21H20N4O4. The summed E-state index contributed by atoms with van der Waals surface area (Å²) < 4.78 is 10.8. The van der Waals surface area contributed by atoms with E-state index in [0.717, 1.165) is 11.1 Å². The third-order valence-electron chi connectivity index (χ3n) is 4.57. The summed E-state index contributed by atoms with van der Waals surface area (Å²) in [6.45, 7) is 0.163. The van der Waals surface area contributed by atoms with Crippen LogP contribution in [0.3, 0.4) is 0 Å². The van der Waals surface area contributed by atoms with Crippen LogP contribution in [0.5, 0.6) is 0 Å². The van der Waals surface area contributed by atoms with Crippen molar-refractivity contribution in [2.75, 3.05) is 13.2 Å². The molecule has 1 fully saturated rings. The quantitative estimate of drug-likeness (QED) is 0.661. The highest BCUT2D eigenvalue weighted by Crippen LogP contribution is 2.22. The third-order valence-corrected chi connectivity index (χ3v) is 4.57. The van der Waals surface area contributed by atoms with Gasteiger partial charge in [0.05, 0.1) is 6.04 Å². The molecule has 0 bridgehead atoms. The Labute approximate surface area is 167 Å². The molecule has 2 heterocycles. The number of rotatable bonds is 6. The predicted octanol–water partition coefficient (Wildman–Crippen LogP) is 1.65. The Morgan fingerprint density at radius 3 is 2.59 bits per heavy atom. The minimum atomic E-state index is -0.808. The van der Waals surface area contributed by atoms with Crippen LogP contribution in [-0.2, 0) is 20.7 Å². The first-order valence-corrected chi connectivity index (χ1v) is 9.32. The number of aromatic nitrogens is 2. The Morgan fingerprint density at radius 2 is 1.83 bits per heavy atom. The molecule has 29 heavy (non-hydrogen) atoms. The molecule has 0 saturated carbocycles. The summed E-state index contributed by atoms with van der Waals surface area (Å²) in [7, 11) is 0. The van der Waals surface area contributed by atoms with E-state index in [2.05, 4.69) is 20.8 Å². The largest absolute Gasteiger partial charge is 0.356 e. The van der Waals surface area contributed by atoms with Crippen LogP contribution in [0.4, 0.5) is 0 Å². The van der Waals surface area contributed by atoms with Crippen molar-refractivity contribution in [3.63, 3.8) is 0 Å². The Bertz CT molecular complexity index is 975. The number of nitrogens with one attached hydrogen (secondary N) is 2. The van der Waals surface area contributed by atoms with E-state index in [9.17, 15) is 9.59 Å². The van der Waals surface area contributed by atoms with E-state index >= 15 is 0 Å². The first-order chi connectivity index (χ1) is 14.2. The lowest BCUT2D eigenvalue weighted by molar-refractivity contribution is -0.148. The molecule has 3 aromatic rings. The van der Waals surface area contributed by atoms with Gasteiger partial charge in [-0.1, -0.05) is 65.8 Å². The van der Waals surface area contributed by atoms with Crippen LogP contribution < -0.4 is 10.6 Å². The third kappa shape index (κ3) is 4.49. The fourth-order valence-electron chi connectivity index (χ4n) is 3.15. The zero-order valence-corrected chi connectivity index (χ0v) is 15.6. The van der Waals surface area contributed by atoms with E-state index in [1.807, 2.05) is 60.7 Å². The van der Waals surface area contributed by atoms with Crippen LogP contribution in [-0.4, -0.2) is 41.2 Å². The van der Waals surface area contributed by atoms with Crippen molar-refractivity contribution in [2.45, 2.75) is 18.6 Å². The Morgan fingerprint density at radius 1 is 1.10 bits per heavy atom. The van der Waals surface area contributed by atoms with Gasteiger partial charge >= 0.3 is 0 Å². The molecular weight excluding hydrogens is 372 g/mol. The maximum Gasteiger partial charge on any atom is 0.251 e. The molecule has 2 N–H and O–H groups in total. The number of nitrogens with zero attached hydrogens (tertiary/aromatic N) is 2. The molecule has 1 aliphatic rings. The SMILES string of the molecule is O=C1CO[C@H](C(=O)NCCc2nc(-c3ccccc3)no2)[C@@H](c2ccccc2)N1. The number of hydrogen-bond donors (Lipinski definition) is 2. The highest BCUT2D eigenvalue weighted by molar-refractivity contribution is 5.86. The molecule has 8 heteroatoms. The molecule has 1 aliphatic heterocycles. The zero-order valence-electron chi connectivity index (χ0n) is 15.6. The molecule has 0 radical (unpaired) electrons. The van der Waals surface area contributed by atoms with Crippen molar-refractivity contribution in [3.8, 4) is 11.4 Å². The highest BCUT2D eigenvalue weighted by atomic mass is 16.5. The van der Waals surface area contributed by atoms with E-state index in [4.69, 9.17) is 9.26 Å². The second kappa shape index (κ2) is 8.66. The van der Waals surface area contributed by atoms with Crippen molar-refractivity contribution in [1.29, 1.82) is 0 Å². The van der Waals surface area contributed by atoms with Gasteiger partial charge in [0, 0.05) is 18.5 Å². The number of carbonyl (C=O) groups excluding carboxylic acids is 2. The Hall–Kier alpha value is -3.52. The average molecular weight is 392 g/mol. The average Bonchev–Trinajstić information content (AvgIpc) is 3.24. The first-order valence-electron chi connectivity index (χ1n) is 9.32. The number of hydrogen-bond acceptors (Lipinski definition) is 6. The van der Waals surface area contributed by atoms with E-state index in [1.165, 1.54) is 0 Å². The minimum absolute atomic E-state index is 0.147. The smallest absolute Gasteiger partial charge is 0.251 e. The second-order valence-electron chi connectivity index (χ2n) is 6.61. The second-order valence-corrected chi connectivity index (χ2v) is 6.61. The summed E-state index contributed by atoms with van der Waals surface area (Å²) in [5.74, 6) is 0.389. The predicted molar refractivity (Wildman–Crippen MR) is 104 cm³/mol. The van der Waals surface area contributed by atoms with Crippen LogP contribution in [0.1, 0.15) is 17.5 Å². The fourth-order valence-corrected chi connectivity index (χ4v) is 3.15. The number of morpholine rings is 1. The molecule has 148 valence electrons. The standard InChI is InChI=1S/C21H20N4O4/c26-16-13-28-19(18(23-16)14-7-3-1-4-8-14)21(27)22-12-11-17-24-20(25-29-17)15-9-5-2-6-10-15/h1-10,18-19H,11-13H2,(H,22,27)(H,23,26)/t18-,19+/m1/s1. The Balaban J connectivity index is 1.35. The number of carbonyl (C=O) groups is 2. The molecule has 0 spiro atoms. The van der Waals surface area contributed by atoms with Crippen molar-refractivity contribution >= 4 is 11.8 Å². The summed E-state index contributed by atoms with van der Waals surface area (Å²) in [4.78, 5) is 28.7. The van der Waals surface area contributed by atoms with Crippen LogP contribution >= 0.6 is 0 Å². The Kier molecular flexibility index (Phi) is 5.62. The topological polar surface area (TPSA) is 106 Å². The molecule has 4 rings (SSSR count). The van der Waals surface area contributed by atoms with E-state index < -0.39 is 12.1 Å². The summed E-state index contributed by atoms with van der Waals surface area (Å²) in [5, 5.41) is 9.61. The van der Waals surface area contributed by atoms with Gasteiger partial charge in [0.1, 0.15) is 6.61 Å². The molecule has 1 aromatic heterocycles. The summed E-state index contributed by atoms with van der Waals surface area (Å²) >= 11 is 0. The monoisotopic (exact) mass is 392 g/mol. The summed E-state index contributed by atoms with van der Waals surface area (Å²) in [6, 6.07) is 18.3. The van der Waals surface area contributed by atoms with Crippen LogP contribution in [0.25, 0.3) is 11.4 Å². The maximum absolute atomic E-state index is 12.7. The summed E-state index contributed by atoms with van der Waals surface area (Å²) in [5.41, 5.74) is 1.67. The molecule has 0 unspecified atom stereocenters. The maximum atomic E-state index is 12.7. The molecule has 8 nitrogen and oxygen atoms in total. The van der Waals surface area contributed by atoms with Gasteiger partial charge < -0.3 is 19.9 Å². The number of amides is 2. The van der Waals surface area contributed by atoms with E-state index in [-0.39, 0.29) is 18.4 Å². The van der Waals surface area contributed by atoms with E-state index in [0.29, 0.717) is 24.7 Å². The molecule has 2 aromatic carbocycles.